The summed E-state index contributed by atoms with van der Waals surface area (Å²) in [6.07, 6.45) is 0.709. The van der Waals surface area contributed by atoms with Gasteiger partial charge < -0.3 is 14.8 Å². The lowest BCUT2D eigenvalue weighted by molar-refractivity contribution is -0.137. The molecular formula is C20H20F3N5O2. The van der Waals surface area contributed by atoms with Crippen LogP contribution in [0.1, 0.15) is 24.4 Å². The van der Waals surface area contributed by atoms with E-state index in [1.54, 1.807) is 35.1 Å². The van der Waals surface area contributed by atoms with Gasteiger partial charge in [0.15, 0.2) is 0 Å². The van der Waals surface area contributed by atoms with Crippen LogP contribution in [-0.4, -0.2) is 40.1 Å². The Morgan fingerprint density at radius 1 is 1.17 bits per heavy atom. The van der Waals surface area contributed by atoms with Gasteiger partial charge in [-0.15, -0.1) is 0 Å². The van der Waals surface area contributed by atoms with Crippen LogP contribution in [0, 0.1) is 0 Å². The van der Waals surface area contributed by atoms with E-state index in [1.165, 1.54) is 13.3 Å². The number of aromatic nitrogens is 4. The molecule has 0 unspecified atom stereocenters. The highest BCUT2D eigenvalue weighted by molar-refractivity contribution is 5.67. The molecule has 2 aromatic heterocycles. The maximum Gasteiger partial charge on any atom is 0.419 e. The number of hydrogen-bond donors (Lipinski definition) is 1. The highest BCUT2D eigenvalue weighted by Crippen LogP contribution is 2.37. The smallest absolute Gasteiger partial charge is 0.419 e. The van der Waals surface area contributed by atoms with E-state index in [4.69, 9.17) is 9.47 Å². The number of benzene rings is 1. The van der Waals surface area contributed by atoms with Crippen LogP contribution in [0.3, 0.4) is 0 Å². The third kappa shape index (κ3) is 4.23. The molecule has 0 saturated carbocycles. The molecule has 4 rings (SSSR count). The molecule has 3 heterocycles. The van der Waals surface area contributed by atoms with Gasteiger partial charge in [0, 0.05) is 31.2 Å². The lowest BCUT2D eigenvalue weighted by atomic mass is 10.1. The minimum atomic E-state index is -4.60. The number of nitrogens with one attached hydrogen (secondary N) is 1. The van der Waals surface area contributed by atoms with Gasteiger partial charge in [-0.1, -0.05) is 12.1 Å². The predicted molar refractivity (Wildman–Crippen MR) is 104 cm³/mol. The highest BCUT2D eigenvalue weighted by Gasteiger charge is 2.36. The Morgan fingerprint density at radius 2 is 1.93 bits per heavy atom. The fourth-order valence-electron chi connectivity index (χ4n) is 3.35. The van der Waals surface area contributed by atoms with Gasteiger partial charge in [0.05, 0.1) is 30.7 Å². The van der Waals surface area contributed by atoms with Crippen molar-refractivity contribution in [2.75, 3.05) is 25.6 Å². The monoisotopic (exact) mass is 419 g/mol. The average molecular weight is 419 g/mol. The standard InChI is InChI=1S/C20H20F3N5O2/c1-29-17-5-3-2-4-16(17)26-19-24-11-15(20(21,22)23)18(27-19)13-10-25-28(12-13)14-6-8-30-9-7-14/h2-5,10-12,14H,6-9H2,1H3,(H,24,26,27). The van der Waals surface area contributed by atoms with Crippen molar-refractivity contribution >= 4 is 11.6 Å². The zero-order valence-electron chi connectivity index (χ0n) is 16.2. The number of rotatable bonds is 5. The van der Waals surface area contributed by atoms with Crippen LogP contribution in [0.4, 0.5) is 24.8 Å². The number of para-hydroxylation sites is 2. The first kappa shape index (κ1) is 20.1. The summed E-state index contributed by atoms with van der Waals surface area (Å²) >= 11 is 0. The largest absolute Gasteiger partial charge is 0.495 e. The van der Waals surface area contributed by atoms with Crippen molar-refractivity contribution in [3.8, 4) is 17.0 Å². The van der Waals surface area contributed by atoms with E-state index in [1.807, 2.05) is 0 Å². The SMILES string of the molecule is COc1ccccc1Nc1ncc(C(F)(F)F)c(-c2cnn(C3CCOCC3)c2)n1. The molecule has 1 N–H and O–H groups in total. The Morgan fingerprint density at radius 3 is 2.67 bits per heavy atom. The molecule has 1 aliphatic rings. The van der Waals surface area contributed by atoms with E-state index in [2.05, 4.69) is 20.4 Å². The molecule has 30 heavy (non-hydrogen) atoms. The summed E-state index contributed by atoms with van der Waals surface area (Å²) in [7, 11) is 1.50. The third-order valence-corrected chi connectivity index (χ3v) is 4.89. The molecule has 1 aromatic carbocycles. The first-order valence-electron chi connectivity index (χ1n) is 9.42. The lowest BCUT2D eigenvalue weighted by Gasteiger charge is -2.22. The summed E-state index contributed by atoms with van der Waals surface area (Å²) in [5.41, 5.74) is -0.323. The topological polar surface area (TPSA) is 74.1 Å². The molecular weight excluding hydrogens is 399 g/mol. The van der Waals surface area contributed by atoms with Gasteiger partial charge in [0.1, 0.15) is 11.3 Å². The summed E-state index contributed by atoms with van der Waals surface area (Å²) in [4.78, 5) is 8.02. The van der Waals surface area contributed by atoms with Crippen LogP contribution in [0.15, 0.2) is 42.9 Å². The summed E-state index contributed by atoms with van der Waals surface area (Å²) in [6.45, 7) is 1.21. The Bertz CT molecular complexity index is 1020. The second-order valence-corrected chi connectivity index (χ2v) is 6.83. The number of hydrogen-bond acceptors (Lipinski definition) is 6. The van der Waals surface area contributed by atoms with Gasteiger partial charge in [0.2, 0.25) is 5.95 Å². The molecule has 158 valence electrons. The maximum atomic E-state index is 13.6. The van der Waals surface area contributed by atoms with Gasteiger partial charge in [0.25, 0.3) is 0 Å². The molecule has 0 atom stereocenters. The fraction of sp³-hybridized carbons (Fsp3) is 0.350. The van der Waals surface area contributed by atoms with Crippen LogP contribution in [0.2, 0.25) is 0 Å². The lowest BCUT2D eigenvalue weighted by Crippen LogP contribution is -2.19. The van der Waals surface area contributed by atoms with E-state index < -0.39 is 11.7 Å². The van der Waals surface area contributed by atoms with Gasteiger partial charge in [-0.25, -0.2) is 9.97 Å². The molecule has 10 heteroatoms. The Kier molecular flexibility index (Phi) is 5.58. The van der Waals surface area contributed by atoms with E-state index in [0.29, 0.717) is 24.7 Å². The van der Waals surface area contributed by atoms with E-state index in [9.17, 15) is 13.2 Å². The first-order chi connectivity index (χ1) is 14.5. The quantitative estimate of drug-likeness (QED) is 0.658. The van der Waals surface area contributed by atoms with Crippen LogP contribution >= 0.6 is 0 Å². The van der Waals surface area contributed by atoms with Crippen molar-refractivity contribution in [3.63, 3.8) is 0 Å². The Balaban J connectivity index is 1.70. The van der Waals surface area contributed by atoms with E-state index in [-0.39, 0.29) is 23.2 Å². The molecule has 1 saturated heterocycles. The second-order valence-electron chi connectivity index (χ2n) is 6.83. The van der Waals surface area contributed by atoms with Crippen molar-refractivity contribution in [3.05, 3.63) is 48.4 Å². The Hall–Kier alpha value is -3.14. The molecule has 0 radical (unpaired) electrons. The number of halogens is 3. The minimum Gasteiger partial charge on any atom is -0.495 e. The summed E-state index contributed by atoms with van der Waals surface area (Å²) in [5.74, 6) is 0.552. The van der Waals surface area contributed by atoms with Gasteiger partial charge in [-0.2, -0.15) is 18.3 Å². The number of nitrogens with zero attached hydrogens (tertiary/aromatic N) is 4. The van der Waals surface area contributed by atoms with Crippen molar-refractivity contribution in [2.24, 2.45) is 0 Å². The van der Waals surface area contributed by atoms with E-state index in [0.717, 1.165) is 19.0 Å². The normalized spacial score (nSPS) is 15.2. The van der Waals surface area contributed by atoms with E-state index >= 15 is 0 Å². The molecule has 0 spiro atoms. The summed E-state index contributed by atoms with van der Waals surface area (Å²) in [6, 6.07) is 7.10. The van der Waals surface area contributed by atoms with Crippen molar-refractivity contribution in [1.29, 1.82) is 0 Å². The molecule has 0 bridgehead atoms. The molecule has 0 amide bonds. The minimum absolute atomic E-state index is 0.0290. The number of ether oxygens (including phenoxy) is 2. The summed E-state index contributed by atoms with van der Waals surface area (Å²) < 4.78 is 53.1. The third-order valence-electron chi connectivity index (χ3n) is 4.89. The fourth-order valence-corrected chi connectivity index (χ4v) is 3.35. The predicted octanol–water partition coefficient (Wildman–Crippen LogP) is 4.46. The molecule has 3 aromatic rings. The summed E-state index contributed by atoms with van der Waals surface area (Å²) in [5, 5.41) is 7.20. The Labute approximate surface area is 170 Å². The molecule has 1 aliphatic heterocycles. The van der Waals surface area contributed by atoms with Gasteiger partial charge >= 0.3 is 6.18 Å². The molecule has 7 nitrogen and oxygen atoms in total. The van der Waals surface area contributed by atoms with Crippen LogP contribution in [0.5, 0.6) is 5.75 Å². The van der Waals surface area contributed by atoms with Crippen molar-refractivity contribution in [2.45, 2.75) is 25.1 Å². The van der Waals surface area contributed by atoms with Crippen molar-refractivity contribution in [1.82, 2.24) is 19.7 Å². The number of methoxy groups -OCH3 is 1. The van der Waals surface area contributed by atoms with Crippen LogP contribution in [0.25, 0.3) is 11.3 Å². The van der Waals surface area contributed by atoms with Gasteiger partial charge in [-0.05, 0) is 25.0 Å². The zero-order valence-corrected chi connectivity index (χ0v) is 16.2. The first-order valence-corrected chi connectivity index (χ1v) is 9.42. The highest BCUT2D eigenvalue weighted by atomic mass is 19.4. The van der Waals surface area contributed by atoms with Crippen LogP contribution in [-0.2, 0) is 10.9 Å². The average Bonchev–Trinajstić information content (AvgIpc) is 3.24. The van der Waals surface area contributed by atoms with Crippen LogP contribution < -0.4 is 10.1 Å². The maximum absolute atomic E-state index is 13.6. The molecule has 1 fully saturated rings. The van der Waals surface area contributed by atoms with Crippen molar-refractivity contribution < 1.29 is 22.6 Å². The van der Waals surface area contributed by atoms with Gasteiger partial charge in [-0.3, -0.25) is 4.68 Å². The molecule has 0 aliphatic carbocycles. The zero-order chi connectivity index (χ0) is 21.1. The number of alkyl halides is 3. The second kappa shape index (κ2) is 8.31. The number of anilines is 2.